The number of benzene rings is 3. The van der Waals surface area contributed by atoms with E-state index in [-0.39, 0.29) is 19.0 Å². The van der Waals surface area contributed by atoms with Gasteiger partial charge in [0.15, 0.2) is 0 Å². The molecule has 0 fully saturated rings. The third-order valence-electron chi connectivity index (χ3n) is 6.66. The van der Waals surface area contributed by atoms with Crippen molar-refractivity contribution in [1.82, 2.24) is 30.4 Å². The number of nitrogens with one attached hydrogen (secondary N) is 1. The summed E-state index contributed by atoms with van der Waals surface area (Å²) in [5, 5.41) is 23.9. The molecular weight excluding hydrogens is 492 g/mol. The molecule has 0 radical (unpaired) electrons. The Hall–Kier alpha value is -4.37. The smallest absolute Gasteiger partial charge is 0.317 e. The van der Waals surface area contributed by atoms with Crippen LogP contribution >= 0.6 is 0 Å². The molecule has 0 aliphatic rings. The van der Waals surface area contributed by atoms with Crippen LogP contribution in [-0.2, 0) is 22.7 Å². The monoisotopic (exact) mass is 526 g/mol. The van der Waals surface area contributed by atoms with Crippen molar-refractivity contribution in [2.75, 3.05) is 19.6 Å². The second-order valence-corrected chi connectivity index (χ2v) is 9.61. The fourth-order valence-corrected chi connectivity index (χ4v) is 4.54. The number of carboxylic acids is 1. The lowest BCUT2D eigenvalue weighted by molar-refractivity contribution is -0.140. The topological polar surface area (TPSA) is 115 Å². The number of aryl methyl sites for hydroxylation is 1. The third kappa shape index (κ3) is 7.58. The minimum absolute atomic E-state index is 0.0422. The van der Waals surface area contributed by atoms with Gasteiger partial charge in [0.2, 0.25) is 11.7 Å². The van der Waals surface area contributed by atoms with Crippen LogP contribution in [-0.4, -0.2) is 67.0 Å². The summed E-state index contributed by atoms with van der Waals surface area (Å²) in [4.78, 5) is 28.6. The third-order valence-corrected chi connectivity index (χ3v) is 6.66. The summed E-state index contributed by atoms with van der Waals surface area (Å²) in [5.41, 5.74) is 5.98. The molecule has 39 heavy (non-hydrogen) atoms. The zero-order valence-electron chi connectivity index (χ0n) is 22.4. The van der Waals surface area contributed by atoms with E-state index in [4.69, 9.17) is 0 Å². The molecule has 0 saturated heterocycles. The zero-order valence-corrected chi connectivity index (χ0v) is 22.4. The Morgan fingerprint density at radius 3 is 2.28 bits per heavy atom. The van der Waals surface area contributed by atoms with Gasteiger partial charge < -0.3 is 10.0 Å². The zero-order chi connectivity index (χ0) is 27.6. The van der Waals surface area contributed by atoms with Crippen LogP contribution in [0.25, 0.3) is 22.5 Å². The highest BCUT2D eigenvalue weighted by Crippen LogP contribution is 2.30. The first-order valence-electron chi connectivity index (χ1n) is 13.1. The predicted octanol–water partition coefficient (Wildman–Crippen LogP) is 4.56. The number of tetrazole rings is 1. The highest BCUT2D eigenvalue weighted by atomic mass is 16.4. The lowest BCUT2D eigenvalue weighted by atomic mass is 9.98. The van der Waals surface area contributed by atoms with E-state index in [0.29, 0.717) is 25.5 Å². The molecule has 4 aromatic rings. The highest BCUT2D eigenvalue weighted by molar-refractivity contribution is 5.81. The summed E-state index contributed by atoms with van der Waals surface area (Å²) in [6.07, 6.45) is 1.83. The summed E-state index contributed by atoms with van der Waals surface area (Å²) < 4.78 is 0. The molecule has 9 nitrogen and oxygen atoms in total. The van der Waals surface area contributed by atoms with Gasteiger partial charge in [-0.25, -0.2) is 0 Å². The van der Waals surface area contributed by atoms with Gasteiger partial charge in [-0.3, -0.25) is 14.5 Å². The van der Waals surface area contributed by atoms with Gasteiger partial charge in [0.1, 0.15) is 0 Å². The molecule has 0 aliphatic carbocycles. The molecule has 0 bridgehead atoms. The number of hydrogen-bond donors (Lipinski definition) is 2. The minimum atomic E-state index is -0.951. The van der Waals surface area contributed by atoms with Crippen molar-refractivity contribution in [2.45, 2.75) is 39.8 Å². The number of carboxylic acid groups (broad SMARTS) is 1. The van der Waals surface area contributed by atoms with Crippen LogP contribution in [0.15, 0.2) is 72.8 Å². The maximum absolute atomic E-state index is 13.5. The second kappa shape index (κ2) is 13.4. The molecule has 202 valence electrons. The van der Waals surface area contributed by atoms with Crippen LogP contribution in [0, 0.1) is 6.92 Å². The number of hydrogen-bond acceptors (Lipinski definition) is 6. The number of H-pyrrole nitrogens is 1. The summed E-state index contributed by atoms with van der Waals surface area (Å²) in [5.74, 6) is -0.499. The van der Waals surface area contributed by atoms with Crippen LogP contribution in [0.4, 0.5) is 0 Å². The fraction of sp³-hybridized carbons (Fsp3) is 0.300. The van der Waals surface area contributed by atoms with Crippen molar-refractivity contribution in [3.8, 4) is 22.5 Å². The van der Waals surface area contributed by atoms with Gasteiger partial charge in [-0.15, -0.1) is 10.2 Å². The summed E-state index contributed by atoms with van der Waals surface area (Å²) >= 11 is 0. The lowest BCUT2D eigenvalue weighted by Crippen LogP contribution is -2.42. The van der Waals surface area contributed by atoms with Crippen molar-refractivity contribution < 1.29 is 14.7 Å². The van der Waals surface area contributed by atoms with Gasteiger partial charge in [-0.1, -0.05) is 86.1 Å². The molecule has 9 heteroatoms. The number of aromatic nitrogens is 4. The van der Waals surface area contributed by atoms with Crippen LogP contribution < -0.4 is 0 Å². The van der Waals surface area contributed by atoms with Crippen LogP contribution in [0.1, 0.15) is 36.5 Å². The number of nitrogens with zero attached hydrogens (tertiary/aromatic N) is 5. The number of amides is 1. The lowest BCUT2D eigenvalue weighted by Gasteiger charge is -2.27. The molecule has 0 saturated carbocycles. The van der Waals surface area contributed by atoms with E-state index < -0.39 is 5.97 Å². The number of aliphatic carboxylic acids is 1. The standard InChI is InChI=1S/C30H34N6O3/c1-3-4-17-36(28(37)20-35(21-29(38)39)19-25-10-6-5-9-22(25)2)18-23-13-15-24(16-14-23)26-11-7-8-12-27(26)30-31-33-34-32-30/h5-16H,3-4,17-21H2,1-2H3,(H,38,39)(H,31,32,33,34). The van der Waals surface area contributed by atoms with Crippen molar-refractivity contribution >= 4 is 11.9 Å². The van der Waals surface area contributed by atoms with E-state index in [2.05, 4.69) is 27.5 Å². The maximum atomic E-state index is 13.5. The summed E-state index contributed by atoms with van der Waals surface area (Å²) in [6, 6.07) is 23.8. The molecule has 4 rings (SSSR count). The van der Waals surface area contributed by atoms with Crippen LogP contribution in [0.5, 0.6) is 0 Å². The minimum Gasteiger partial charge on any atom is -0.480 e. The molecule has 0 aliphatic heterocycles. The molecule has 1 amide bonds. The molecule has 0 unspecified atom stereocenters. The SMILES string of the molecule is CCCCN(Cc1ccc(-c2ccccc2-c2nn[nH]n2)cc1)C(=O)CN(CC(=O)O)Cc1ccccc1C. The summed E-state index contributed by atoms with van der Waals surface area (Å²) in [6.45, 7) is 5.40. The van der Waals surface area contributed by atoms with Gasteiger partial charge in [0.05, 0.1) is 13.1 Å². The normalized spacial score (nSPS) is 11.1. The number of carbonyl (C=O) groups is 2. The maximum Gasteiger partial charge on any atom is 0.317 e. The Morgan fingerprint density at radius 2 is 1.62 bits per heavy atom. The molecule has 1 aromatic heterocycles. The predicted molar refractivity (Wildman–Crippen MR) is 149 cm³/mol. The average molecular weight is 527 g/mol. The Labute approximate surface area is 228 Å². The number of rotatable bonds is 13. The van der Waals surface area contributed by atoms with Gasteiger partial charge in [-0.05, 0) is 46.4 Å². The van der Waals surface area contributed by atoms with Gasteiger partial charge in [-0.2, -0.15) is 5.21 Å². The Morgan fingerprint density at radius 1 is 0.897 bits per heavy atom. The van der Waals surface area contributed by atoms with Crippen molar-refractivity contribution in [2.24, 2.45) is 0 Å². The van der Waals surface area contributed by atoms with E-state index in [1.165, 1.54) is 0 Å². The van der Waals surface area contributed by atoms with Gasteiger partial charge in [0.25, 0.3) is 0 Å². The Kier molecular flexibility index (Phi) is 9.53. The van der Waals surface area contributed by atoms with E-state index in [1.807, 2.05) is 84.6 Å². The second-order valence-electron chi connectivity index (χ2n) is 9.61. The van der Waals surface area contributed by atoms with E-state index in [1.54, 1.807) is 4.90 Å². The van der Waals surface area contributed by atoms with Crippen LogP contribution in [0.2, 0.25) is 0 Å². The van der Waals surface area contributed by atoms with Crippen molar-refractivity contribution in [1.29, 1.82) is 0 Å². The van der Waals surface area contributed by atoms with E-state index >= 15 is 0 Å². The molecule has 3 aromatic carbocycles. The van der Waals surface area contributed by atoms with Crippen molar-refractivity contribution in [3.05, 3.63) is 89.5 Å². The largest absolute Gasteiger partial charge is 0.480 e. The quantitative estimate of drug-likeness (QED) is 0.262. The molecule has 0 spiro atoms. The van der Waals surface area contributed by atoms with Gasteiger partial charge >= 0.3 is 5.97 Å². The Balaban J connectivity index is 1.49. The van der Waals surface area contributed by atoms with E-state index in [0.717, 1.165) is 46.2 Å². The first kappa shape index (κ1) is 27.7. The van der Waals surface area contributed by atoms with Crippen LogP contribution in [0.3, 0.4) is 0 Å². The summed E-state index contributed by atoms with van der Waals surface area (Å²) in [7, 11) is 0. The highest BCUT2D eigenvalue weighted by Gasteiger charge is 2.20. The van der Waals surface area contributed by atoms with Gasteiger partial charge in [0, 0.05) is 25.2 Å². The molecule has 0 atom stereocenters. The van der Waals surface area contributed by atoms with Crippen molar-refractivity contribution in [3.63, 3.8) is 0 Å². The molecule has 1 heterocycles. The molecule has 2 N–H and O–H groups in total. The first-order chi connectivity index (χ1) is 18.9. The fourth-order valence-electron chi connectivity index (χ4n) is 4.54. The molecular formula is C30H34N6O3. The number of unbranched alkanes of at least 4 members (excludes halogenated alkanes) is 1. The number of carbonyl (C=O) groups excluding carboxylic acids is 1. The average Bonchev–Trinajstić information content (AvgIpc) is 3.47. The van der Waals surface area contributed by atoms with E-state index in [9.17, 15) is 14.7 Å². The first-order valence-corrected chi connectivity index (χ1v) is 13.1. The number of aromatic amines is 1. The Bertz CT molecular complexity index is 1370.